The van der Waals surface area contributed by atoms with Crippen molar-refractivity contribution in [2.24, 2.45) is 0 Å². The predicted molar refractivity (Wildman–Crippen MR) is 145 cm³/mol. The molecule has 4 rings (SSSR count). The predicted octanol–water partition coefficient (Wildman–Crippen LogP) is 2.44. The first-order chi connectivity index (χ1) is 17.0. The topological polar surface area (TPSA) is 113 Å². The molecule has 3 unspecified atom stereocenters. The molecule has 3 aliphatic heterocycles. The molecule has 0 aromatic carbocycles. The zero-order valence-corrected chi connectivity index (χ0v) is 23.3. The summed E-state index contributed by atoms with van der Waals surface area (Å²) in [5, 5.41) is 9.82. The van der Waals surface area contributed by atoms with E-state index in [1.54, 1.807) is 17.6 Å². The number of morpholine rings is 1. The summed E-state index contributed by atoms with van der Waals surface area (Å²) in [6.07, 6.45) is 2.63. The Hall–Kier alpha value is -2.20. The van der Waals surface area contributed by atoms with Gasteiger partial charge in [0, 0.05) is 25.2 Å². The number of carbonyl (C=O) groups excluding carboxylic acids is 1. The molecule has 0 N–H and O–H groups in total. The lowest BCUT2D eigenvalue weighted by Gasteiger charge is -2.39. The molecule has 4 heterocycles. The van der Waals surface area contributed by atoms with E-state index in [1.165, 1.54) is 4.90 Å². The number of amides is 1. The van der Waals surface area contributed by atoms with Gasteiger partial charge in [0.2, 0.25) is 0 Å². The molecule has 194 valence electrons. The summed E-state index contributed by atoms with van der Waals surface area (Å²) in [7, 11) is -3.20. The van der Waals surface area contributed by atoms with E-state index in [2.05, 4.69) is 11.0 Å². The van der Waals surface area contributed by atoms with Crippen LogP contribution < -0.4 is 10.5 Å². The van der Waals surface area contributed by atoms with E-state index in [9.17, 15) is 23.3 Å². The molecule has 3 fully saturated rings. The second-order valence-electron chi connectivity index (χ2n) is 9.58. The van der Waals surface area contributed by atoms with Crippen LogP contribution in [0.15, 0.2) is 9.70 Å². The first-order valence-electron chi connectivity index (χ1n) is 12.0. The van der Waals surface area contributed by atoms with Crippen molar-refractivity contribution >= 4 is 55.9 Å². The maximum Gasteiger partial charge on any atom is 0.270 e. The second kappa shape index (κ2) is 10.3. The summed E-state index contributed by atoms with van der Waals surface area (Å²) in [5.41, 5.74) is 0.829. The molecule has 1 amide bonds. The Morgan fingerprint density at radius 1 is 1.25 bits per heavy atom. The standard InChI is InChI=1S/C24H30N4O5S3/c1-5-7-27-21(26-11-14(2)33-15(3)12-26)18(16(4)19(10-25)22(27)29)9-20-23(30)28(24(34)35-20)17-6-8-36(31,32)13-17/h9,14-15,17H,5-8,11-13H2,1-4H3/b20-9-. The molecule has 0 radical (unpaired) electrons. The fourth-order valence-electron chi connectivity index (χ4n) is 5.17. The van der Waals surface area contributed by atoms with Crippen LogP contribution in [0.25, 0.3) is 6.08 Å². The van der Waals surface area contributed by atoms with E-state index in [0.717, 1.165) is 11.8 Å². The van der Waals surface area contributed by atoms with Gasteiger partial charge in [-0.2, -0.15) is 5.26 Å². The number of ether oxygens (including phenoxy) is 1. The maximum absolute atomic E-state index is 13.4. The van der Waals surface area contributed by atoms with Crippen molar-refractivity contribution in [3.05, 3.63) is 31.9 Å². The number of anilines is 1. The number of aromatic nitrogens is 1. The lowest BCUT2D eigenvalue weighted by Crippen LogP contribution is -2.48. The third-order valence-corrected chi connectivity index (χ3v) is 9.77. The Kier molecular flexibility index (Phi) is 7.67. The summed E-state index contributed by atoms with van der Waals surface area (Å²) < 4.78 is 31.9. The van der Waals surface area contributed by atoms with Gasteiger partial charge in [-0.1, -0.05) is 30.9 Å². The van der Waals surface area contributed by atoms with Gasteiger partial charge in [-0.15, -0.1) is 0 Å². The first-order valence-corrected chi connectivity index (χ1v) is 15.1. The highest BCUT2D eigenvalue weighted by molar-refractivity contribution is 8.26. The number of hydrogen-bond donors (Lipinski definition) is 0. The first kappa shape index (κ1) is 26.9. The zero-order chi connectivity index (χ0) is 26.4. The largest absolute Gasteiger partial charge is 0.372 e. The highest BCUT2D eigenvalue weighted by Crippen LogP contribution is 2.38. The Bertz CT molecular complexity index is 1330. The van der Waals surface area contributed by atoms with E-state index in [4.69, 9.17) is 17.0 Å². The number of thiocarbonyl (C=S) groups is 1. The highest BCUT2D eigenvalue weighted by Gasteiger charge is 2.42. The van der Waals surface area contributed by atoms with E-state index in [0.29, 0.717) is 58.6 Å². The minimum atomic E-state index is -3.20. The van der Waals surface area contributed by atoms with Crippen molar-refractivity contribution in [1.29, 1.82) is 5.26 Å². The third-order valence-electron chi connectivity index (χ3n) is 6.69. The second-order valence-corrected chi connectivity index (χ2v) is 13.5. The lowest BCUT2D eigenvalue weighted by molar-refractivity contribution is -0.123. The Labute approximate surface area is 221 Å². The van der Waals surface area contributed by atoms with Crippen LogP contribution in [0.2, 0.25) is 0 Å². The van der Waals surface area contributed by atoms with Gasteiger partial charge in [0.1, 0.15) is 21.8 Å². The van der Waals surface area contributed by atoms with Crippen molar-refractivity contribution in [2.45, 2.75) is 65.3 Å². The van der Waals surface area contributed by atoms with Gasteiger partial charge in [-0.05, 0) is 45.3 Å². The van der Waals surface area contributed by atoms with Crippen LogP contribution in [0.1, 0.15) is 50.3 Å². The average molecular weight is 551 g/mol. The van der Waals surface area contributed by atoms with E-state index in [1.807, 2.05) is 20.8 Å². The summed E-state index contributed by atoms with van der Waals surface area (Å²) in [5.74, 6) is 0.264. The number of nitriles is 1. The fourth-order valence-corrected chi connectivity index (χ4v) is 8.25. The number of nitrogens with zero attached hydrogens (tertiary/aromatic N) is 4. The summed E-state index contributed by atoms with van der Waals surface area (Å²) >= 11 is 6.61. The van der Waals surface area contributed by atoms with E-state index in [-0.39, 0.29) is 40.7 Å². The Balaban J connectivity index is 1.86. The minimum absolute atomic E-state index is 0.0396. The van der Waals surface area contributed by atoms with Crippen LogP contribution in [0.4, 0.5) is 5.82 Å². The highest BCUT2D eigenvalue weighted by atomic mass is 32.2. The van der Waals surface area contributed by atoms with Gasteiger partial charge < -0.3 is 9.64 Å². The third kappa shape index (κ3) is 4.98. The Morgan fingerprint density at radius 3 is 2.47 bits per heavy atom. The molecule has 3 atom stereocenters. The molecule has 9 nitrogen and oxygen atoms in total. The van der Waals surface area contributed by atoms with E-state index < -0.39 is 15.9 Å². The van der Waals surface area contributed by atoms with Gasteiger partial charge in [-0.3, -0.25) is 19.1 Å². The molecule has 12 heteroatoms. The number of pyridine rings is 1. The SMILES string of the molecule is CCCn1c(N2CC(C)OC(C)C2)c(/C=C2\SC(=S)N(C3CCS(=O)(=O)C3)C2=O)c(C)c(C#N)c1=O. The molecular weight excluding hydrogens is 520 g/mol. The van der Waals surface area contributed by atoms with Crippen LogP contribution >= 0.6 is 24.0 Å². The molecule has 1 aromatic heterocycles. The molecule has 0 saturated carbocycles. The van der Waals surface area contributed by atoms with Crippen LogP contribution in [0, 0.1) is 18.3 Å². The molecule has 3 aliphatic rings. The van der Waals surface area contributed by atoms with Gasteiger partial charge in [-0.25, -0.2) is 8.42 Å². The number of hydrogen-bond acceptors (Lipinski definition) is 9. The molecular formula is C24H30N4O5S3. The van der Waals surface area contributed by atoms with Crippen LogP contribution in [0.3, 0.4) is 0 Å². The lowest BCUT2D eigenvalue weighted by atomic mass is 10.0. The van der Waals surface area contributed by atoms with Gasteiger partial charge >= 0.3 is 0 Å². The van der Waals surface area contributed by atoms with Crippen molar-refractivity contribution in [3.8, 4) is 6.07 Å². The van der Waals surface area contributed by atoms with Gasteiger partial charge in [0.15, 0.2) is 9.84 Å². The number of sulfone groups is 1. The molecule has 3 saturated heterocycles. The number of carbonyl (C=O) groups is 1. The summed E-state index contributed by atoms with van der Waals surface area (Å²) in [6.45, 7) is 9.17. The fraction of sp³-hybridized carbons (Fsp3) is 0.583. The Morgan fingerprint density at radius 2 is 1.92 bits per heavy atom. The van der Waals surface area contributed by atoms with Crippen LogP contribution in [0.5, 0.6) is 0 Å². The minimum Gasteiger partial charge on any atom is -0.372 e. The number of thioether (sulfide) groups is 1. The average Bonchev–Trinajstić information content (AvgIpc) is 3.28. The van der Waals surface area contributed by atoms with Gasteiger partial charge in [0.05, 0.1) is 34.7 Å². The molecule has 36 heavy (non-hydrogen) atoms. The maximum atomic E-state index is 13.4. The van der Waals surface area contributed by atoms with Gasteiger partial charge in [0.25, 0.3) is 11.5 Å². The van der Waals surface area contributed by atoms with Crippen molar-refractivity contribution in [3.63, 3.8) is 0 Å². The summed E-state index contributed by atoms with van der Waals surface area (Å²) in [4.78, 5) is 30.6. The normalized spacial score (nSPS) is 27.2. The summed E-state index contributed by atoms with van der Waals surface area (Å²) in [6, 6.07) is 1.58. The number of rotatable bonds is 5. The van der Waals surface area contributed by atoms with Crippen molar-refractivity contribution in [1.82, 2.24) is 9.47 Å². The molecule has 0 aliphatic carbocycles. The molecule has 0 spiro atoms. The molecule has 1 aromatic rings. The molecule has 0 bridgehead atoms. The zero-order valence-electron chi connectivity index (χ0n) is 20.8. The van der Waals surface area contributed by atoms with Crippen molar-refractivity contribution < 1.29 is 17.9 Å². The van der Waals surface area contributed by atoms with Crippen LogP contribution in [-0.4, -0.2) is 71.0 Å². The van der Waals surface area contributed by atoms with Crippen molar-refractivity contribution in [2.75, 3.05) is 29.5 Å². The smallest absolute Gasteiger partial charge is 0.270 e. The van der Waals surface area contributed by atoms with E-state index >= 15 is 0 Å². The van der Waals surface area contributed by atoms with Crippen LogP contribution in [-0.2, 0) is 25.9 Å². The monoisotopic (exact) mass is 550 g/mol. The quantitative estimate of drug-likeness (QED) is 0.403.